The van der Waals surface area contributed by atoms with E-state index in [1.54, 1.807) is 25.3 Å². The number of nitrogens with zero attached hydrogens (tertiary/aromatic N) is 3. The number of benzene rings is 2. The molecule has 2 aromatic carbocycles. The summed E-state index contributed by atoms with van der Waals surface area (Å²) in [6.07, 6.45) is 0. The van der Waals surface area contributed by atoms with Gasteiger partial charge in [0.15, 0.2) is 12.4 Å². The molecule has 0 aliphatic rings. The molecule has 0 unspecified atom stereocenters. The van der Waals surface area contributed by atoms with Crippen LogP contribution in [0.15, 0.2) is 48.5 Å². The Hall–Kier alpha value is -3.88. The molecule has 0 aliphatic heterocycles. The topological polar surface area (TPSA) is 132 Å². The van der Waals surface area contributed by atoms with E-state index in [9.17, 15) is 9.90 Å². The van der Waals surface area contributed by atoms with Crippen molar-refractivity contribution in [1.29, 1.82) is 0 Å². The molecule has 3 aromatic rings. The van der Waals surface area contributed by atoms with Crippen LogP contribution in [0.3, 0.4) is 0 Å². The van der Waals surface area contributed by atoms with E-state index in [-0.39, 0.29) is 35.6 Å². The van der Waals surface area contributed by atoms with Crippen LogP contribution < -0.4 is 15.8 Å². The summed E-state index contributed by atoms with van der Waals surface area (Å²) < 4.78 is 10.4. The van der Waals surface area contributed by atoms with Gasteiger partial charge in [-0.1, -0.05) is 18.2 Å². The second-order valence-electron chi connectivity index (χ2n) is 5.39. The second kappa shape index (κ2) is 8.00. The van der Waals surface area contributed by atoms with Gasteiger partial charge in [-0.05, 0) is 30.3 Å². The first kappa shape index (κ1) is 17.9. The van der Waals surface area contributed by atoms with Gasteiger partial charge in [0.1, 0.15) is 11.5 Å². The van der Waals surface area contributed by atoms with Gasteiger partial charge in [-0.2, -0.15) is 15.0 Å². The number of methoxy groups -OCH3 is 1. The van der Waals surface area contributed by atoms with E-state index in [1.807, 2.05) is 12.1 Å². The smallest absolute Gasteiger partial charge is 0.338 e. The van der Waals surface area contributed by atoms with Crippen molar-refractivity contribution in [2.75, 3.05) is 18.2 Å². The molecular weight excluding hydrogens is 350 g/mol. The molecule has 0 aliphatic carbocycles. The third kappa shape index (κ3) is 4.60. The number of phenols is 1. The normalized spacial score (nSPS) is 10.3. The molecule has 27 heavy (non-hydrogen) atoms. The Bertz CT molecular complexity index is 964. The molecule has 0 radical (unpaired) electrons. The Kier molecular flexibility index (Phi) is 5.31. The highest BCUT2D eigenvalue weighted by molar-refractivity contribution is 5.89. The first-order valence-corrected chi connectivity index (χ1v) is 7.92. The monoisotopic (exact) mass is 367 g/mol. The molecule has 9 heteroatoms. The van der Waals surface area contributed by atoms with Gasteiger partial charge >= 0.3 is 5.97 Å². The van der Waals surface area contributed by atoms with Crippen LogP contribution in [0, 0.1) is 0 Å². The molecule has 9 nitrogen and oxygen atoms in total. The first-order chi connectivity index (χ1) is 13.0. The second-order valence-corrected chi connectivity index (χ2v) is 5.39. The van der Waals surface area contributed by atoms with E-state index in [0.717, 1.165) is 0 Å². The van der Waals surface area contributed by atoms with E-state index in [4.69, 9.17) is 15.2 Å². The third-order valence-corrected chi connectivity index (χ3v) is 3.47. The number of hydrogen-bond acceptors (Lipinski definition) is 9. The average molecular weight is 367 g/mol. The summed E-state index contributed by atoms with van der Waals surface area (Å²) in [6, 6.07) is 13.1. The fourth-order valence-corrected chi connectivity index (χ4v) is 2.27. The highest BCUT2D eigenvalue weighted by Crippen LogP contribution is 2.25. The van der Waals surface area contributed by atoms with Crippen molar-refractivity contribution in [3.63, 3.8) is 0 Å². The lowest BCUT2D eigenvalue weighted by atomic mass is 10.2. The Morgan fingerprint density at radius 2 is 1.96 bits per heavy atom. The molecule has 4 N–H and O–H groups in total. The fourth-order valence-electron chi connectivity index (χ4n) is 2.27. The molecular formula is C18H17N5O4. The number of aromatic hydroxyl groups is 1. The van der Waals surface area contributed by atoms with Gasteiger partial charge in [-0.15, -0.1) is 0 Å². The molecule has 138 valence electrons. The van der Waals surface area contributed by atoms with Crippen molar-refractivity contribution in [2.45, 2.75) is 6.61 Å². The van der Waals surface area contributed by atoms with E-state index in [0.29, 0.717) is 11.4 Å². The minimum absolute atomic E-state index is 0.0224. The van der Waals surface area contributed by atoms with Crippen LogP contribution >= 0.6 is 0 Å². The Morgan fingerprint density at radius 1 is 1.15 bits per heavy atom. The largest absolute Gasteiger partial charge is 0.508 e. The lowest BCUT2D eigenvalue weighted by Gasteiger charge is -2.11. The number of carbonyl (C=O) groups excluding carboxylic acids is 1. The van der Waals surface area contributed by atoms with Gasteiger partial charge in [0.2, 0.25) is 11.9 Å². The molecule has 0 spiro atoms. The fraction of sp³-hybridized carbons (Fsp3) is 0.111. The average Bonchev–Trinajstić information content (AvgIpc) is 2.66. The number of anilines is 3. The minimum atomic E-state index is -0.621. The van der Waals surface area contributed by atoms with E-state index in [1.165, 1.54) is 18.2 Å². The number of nitrogens with two attached hydrogens (primary N) is 1. The summed E-state index contributed by atoms with van der Waals surface area (Å²) in [5, 5.41) is 12.4. The van der Waals surface area contributed by atoms with Crippen molar-refractivity contribution < 1.29 is 19.4 Å². The lowest BCUT2D eigenvalue weighted by Crippen LogP contribution is -2.11. The van der Waals surface area contributed by atoms with Crippen LogP contribution in [-0.2, 0) is 11.3 Å². The minimum Gasteiger partial charge on any atom is -0.508 e. The van der Waals surface area contributed by atoms with E-state index < -0.39 is 5.97 Å². The molecule has 0 saturated carbocycles. The number of hydrogen-bond donors (Lipinski definition) is 3. The predicted molar refractivity (Wildman–Crippen MR) is 97.7 cm³/mol. The van der Waals surface area contributed by atoms with E-state index in [2.05, 4.69) is 20.3 Å². The Labute approximate surface area is 154 Å². The first-order valence-electron chi connectivity index (χ1n) is 7.92. The maximum Gasteiger partial charge on any atom is 0.338 e. The van der Waals surface area contributed by atoms with Crippen LogP contribution in [-0.4, -0.2) is 33.1 Å². The van der Waals surface area contributed by atoms with Crippen molar-refractivity contribution in [3.8, 4) is 11.5 Å². The summed E-state index contributed by atoms with van der Waals surface area (Å²) in [7, 11) is 1.55. The zero-order chi connectivity index (χ0) is 19.2. The lowest BCUT2D eigenvalue weighted by molar-refractivity contribution is 0.0461. The molecule has 3 rings (SSSR count). The van der Waals surface area contributed by atoms with Crippen LogP contribution in [0.25, 0.3) is 0 Å². The standard InChI is InChI=1S/C18H17N5O4/c1-26-14-8-3-2-7-13(14)20-18-22-15(21-17(19)23-18)10-27-16(25)11-5-4-6-12(24)9-11/h2-9,24H,10H2,1H3,(H3,19,20,21,22,23). The number of para-hydroxylation sites is 2. The number of aromatic nitrogens is 3. The number of nitrogen functional groups attached to an aromatic ring is 1. The van der Waals surface area contributed by atoms with Crippen LogP contribution in [0.4, 0.5) is 17.6 Å². The van der Waals surface area contributed by atoms with Crippen molar-refractivity contribution >= 4 is 23.6 Å². The number of nitrogens with one attached hydrogen (secondary N) is 1. The highest BCUT2D eigenvalue weighted by Gasteiger charge is 2.12. The third-order valence-electron chi connectivity index (χ3n) is 3.47. The van der Waals surface area contributed by atoms with Crippen LogP contribution in [0.1, 0.15) is 16.2 Å². The quantitative estimate of drug-likeness (QED) is 0.561. The summed E-state index contributed by atoms with van der Waals surface area (Å²) in [4.78, 5) is 24.2. The molecule has 0 saturated heterocycles. The zero-order valence-electron chi connectivity index (χ0n) is 14.4. The van der Waals surface area contributed by atoms with Crippen molar-refractivity contribution in [2.24, 2.45) is 0 Å². The predicted octanol–water partition coefficient (Wildman–Crippen LogP) is 2.27. The summed E-state index contributed by atoms with van der Waals surface area (Å²) in [6.45, 7) is -0.207. The molecule has 0 fully saturated rings. The number of esters is 1. The van der Waals surface area contributed by atoms with E-state index >= 15 is 0 Å². The Morgan fingerprint density at radius 3 is 2.74 bits per heavy atom. The Balaban J connectivity index is 1.72. The van der Waals surface area contributed by atoms with Crippen LogP contribution in [0.5, 0.6) is 11.5 Å². The van der Waals surface area contributed by atoms with Gasteiger partial charge in [0, 0.05) is 0 Å². The van der Waals surface area contributed by atoms with Gasteiger partial charge < -0.3 is 25.6 Å². The number of phenolic OH excluding ortho intramolecular Hbond substituents is 1. The van der Waals surface area contributed by atoms with Gasteiger partial charge in [0.25, 0.3) is 0 Å². The van der Waals surface area contributed by atoms with Crippen molar-refractivity contribution in [3.05, 3.63) is 59.9 Å². The summed E-state index contributed by atoms with van der Waals surface area (Å²) in [5.41, 5.74) is 6.57. The van der Waals surface area contributed by atoms with Gasteiger partial charge in [0.05, 0.1) is 18.4 Å². The molecule has 1 aromatic heterocycles. The number of rotatable bonds is 6. The highest BCUT2D eigenvalue weighted by atomic mass is 16.5. The van der Waals surface area contributed by atoms with Crippen LogP contribution in [0.2, 0.25) is 0 Å². The number of carbonyl (C=O) groups is 1. The maximum absolute atomic E-state index is 12.0. The van der Waals surface area contributed by atoms with Crippen molar-refractivity contribution in [1.82, 2.24) is 15.0 Å². The molecule has 0 amide bonds. The number of ether oxygens (including phenoxy) is 2. The zero-order valence-corrected chi connectivity index (χ0v) is 14.4. The molecule has 0 atom stereocenters. The SMILES string of the molecule is COc1ccccc1Nc1nc(N)nc(COC(=O)c2cccc(O)c2)n1. The van der Waals surface area contributed by atoms with Gasteiger partial charge in [-0.25, -0.2) is 4.79 Å². The van der Waals surface area contributed by atoms with Gasteiger partial charge in [-0.3, -0.25) is 0 Å². The summed E-state index contributed by atoms with van der Waals surface area (Å²) >= 11 is 0. The molecule has 1 heterocycles. The summed E-state index contributed by atoms with van der Waals surface area (Å²) in [5.74, 6) is 0.296. The molecule has 0 bridgehead atoms. The maximum atomic E-state index is 12.0.